The van der Waals surface area contributed by atoms with Crippen LogP contribution >= 0.6 is 0 Å². The summed E-state index contributed by atoms with van der Waals surface area (Å²) in [5, 5.41) is 17.9. The van der Waals surface area contributed by atoms with Crippen LogP contribution in [0.5, 0.6) is 0 Å². The van der Waals surface area contributed by atoms with Crippen molar-refractivity contribution >= 4 is 5.97 Å². The number of carboxylic acid groups (broad SMARTS) is 1. The normalized spacial score (nSPS) is 24.4. The molecule has 1 aliphatic rings. The molecule has 1 rings (SSSR count). The number of halogens is 4. The minimum atomic E-state index is -0.813. The van der Waals surface area contributed by atoms with Gasteiger partial charge in [0.2, 0.25) is 0 Å². The van der Waals surface area contributed by atoms with Gasteiger partial charge < -0.3 is 64.3 Å². The Balaban J connectivity index is -0.0000000807. The van der Waals surface area contributed by atoms with Gasteiger partial charge in [0.05, 0.1) is 14.1 Å². The molecule has 16 heavy (non-hydrogen) atoms. The standard InChI is InChI=1S/C7H13NO3.Au.4ClH/c1-8(2)4-5(9)3-6(8)7(10)11;;;;;/h5-6,9H,3-4H2,1-2H3;;4*1H/q;+3;;;;/p-3/t5-,6-;;;;;/m1...../s1. The summed E-state index contributed by atoms with van der Waals surface area (Å²) in [6.07, 6.45) is -0.0754. The molecule has 0 aromatic heterocycles. The second-order valence-electron chi connectivity index (χ2n) is 3.70. The summed E-state index contributed by atoms with van der Waals surface area (Å²) in [7, 11) is 3.66. The van der Waals surface area contributed by atoms with Crippen LogP contribution in [0.4, 0.5) is 0 Å². The SMILES string of the molecule is C[N+]1(C)C[C@H](O)C[C@@H]1C(=O)O.[Au+3].[Cl-].[Cl-].[Cl-].[Cl-]. The summed E-state index contributed by atoms with van der Waals surface area (Å²) in [6.45, 7) is 0.539. The molecule has 1 heterocycles. The van der Waals surface area contributed by atoms with Gasteiger partial charge in [-0.05, 0) is 0 Å². The minimum absolute atomic E-state index is 0. The van der Waals surface area contributed by atoms with Crippen LogP contribution in [0, 0.1) is 0 Å². The molecule has 0 radical (unpaired) electrons. The molecule has 0 saturated carbocycles. The maximum atomic E-state index is 10.6. The van der Waals surface area contributed by atoms with Crippen LogP contribution < -0.4 is 49.6 Å². The number of carboxylic acids is 1. The summed E-state index contributed by atoms with van der Waals surface area (Å²) in [5.74, 6) is -0.813. The van der Waals surface area contributed by atoms with E-state index < -0.39 is 18.1 Å². The predicted molar refractivity (Wildman–Crippen MR) is 39.0 cm³/mol. The second-order valence-corrected chi connectivity index (χ2v) is 3.70. The predicted octanol–water partition coefficient (Wildman–Crippen LogP) is -12.7. The largest absolute Gasteiger partial charge is 3.00 e. The molecule has 1 aliphatic heterocycles. The number of carbonyl (C=O) groups is 1. The van der Waals surface area contributed by atoms with E-state index in [2.05, 4.69) is 0 Å². The molecule has 0 aromatic rings. The van der Waals surface area contributed by atoms with Crippen molar-refractivity contribution in [3.05, 3.63) is 0 Å². The molecule has 0 aromatic carbocycles. The molecule has 0 unspecified atom stereocenters. The van der Waals surface area contributed by atoms with Gasteiger partial charge in [-0.1, -0.05) is 0 Å². The number of quaternary nitrogens is 1. The first kappa shape index (κ1) is 30.4. The molecule has 2 N–H and O–H groups in total. The molecule has 104 valence electrons. The molecule has 2 atom stereocenters. The van der Waals surface area contributed by atoms with Crippen LogP contribution in [0.3, 0.4) is 0 Å². The van der Waals surface area contributed by atoms with Gasteiger partial charge in [-0.2, -0.15) is 0 Å². The van der Waals surface area contributed by atoms with E-state index in [4.69, 9.17) is 5.11 Å². The molecule has 4 nitrogen and oxygen atoms in total. The second kappa shape index (κ2) is 11.4. The summed E-state index contributed by atoms with van der Waals surface area (Å²) in [4.78, 5) is 10.6. The summed E-state index contributed by atoms with van der Waals surface area (Å²) < 4.78 is 0.385. The van der Waals surface area contributed by atoms with E-state index in [1.807, 2.05) is 14.1 Å². The van der Waals surface area contributed by atoms with Crippen LogP contribution in [0.15, 0.2) is 0 Å². The number of aliphatic hydroxyl groups is 1. The number of hydrogen-bond acceptors (Lipinski definition) is 2. The van der Waals surface area contributed by atoms with Gasteiger partial charge in [-0.25, -0.2) is 4.79 Å². The van der Waals surface area contributed by atoms with E-state index in [1.165, 1.54) is 0 Å². The Morgan fingerprint density at radius 1 is 1.19 bits per heavy atom. The fourth-order valence-electron chi connectivity index (χ4n) is 1.69. The average molecular weight is 499 g/mol. The maximum absolute atomic E-state index is 10.6. The summed E-state index contributed by atoms with van der Waals surface area (Å²) in [6, 6.07) is -0.440. The number of nitrogens with zero attached hydrogens (tertiary/aromatic N) is 1. The Kier molecular flexibility index (Phi) is 21.6. The molecule has 0 spiro atoms. The zero-order valence-corrected chi connectivity index (χ0v) is 13.8. The van der Waals surface area contributed by atoms with Crippen molar-refractivity contribution in [1.82, 2.24) is 0 Å². The molecule has 0 bridgehead atoms. The fourth-order valence-corrected chi connectivity index (χ4v) is 1.69. The number of hydrogen-bond donors (Lipinski definition) is 2. The topological polar surface area (TPSA) is 57.5 Å². The van der Waals surface area contributed by atoms with E-state index in [0.29, 0.717) is 17.4 Å². The Bertz CT molecular complexity index is 196. The Labute approximate surface area is 136 Å². The van der Waals surface area contributed by atoms with Crippen molar-refractivity contribution < 1.29 is 91.5 Å². The van der Waals surface area contributed by atoms with E-state index in [-0.39, 0.29) is 72.0 Å². The molecule has 0 amide bonds. The zero-order chi connectivity index (χ0) is 8.65. The van der Waals surface area contributed by atoms with Gasteiger partial charge in [-0.15, -0.1) is 0 Å². The Morgan fingerprint density at radius 3 is 1.69 bits per heavy atom. The smallest absolute Gasteiger partial charge is 1.00 e. The van der Waals surface area contributed by atoms with Crippen molar-refractivity contribution in [2.45, 2.75) is 18.6 Å². The van der Waals surface area contributed by atoms with Crippen LogP contribution in [-0.2, 0) is 27.2 Å². The van der Waals surface area contributed by atoms with Crippen molar-refractivity contribution in [2.24, 2.45) is 0 Å². The third kappa shape index (κ3) is 7.58. The van der Waals surface area contributed by atoms with Crippen molar-refractivity contribution in [3.8, 4) is 0 Å². The van der Waals surface area contributed by atoms with Gasteiger partial charge in [0.1, 0.15) is 12.6 Å². The van der Waals surface area contributed by atoms with Crippen molar-refractivity contribution in [2.75, 3.05) is 20.6 Å². The van der Waals surface area contributed by atoms with E-state index >= 15 is 0 Å². The first-order chi connectivity index (χ1) is 4.93. The third-order valence-electron chi connectivity index (χ3n) is 2.31. The van der Waals surface area contributed by atoms with E-state index in [1.54, 1.807) is 0 Å². The van der Waals surface area contributed by atoms with Crippen molar-refractivity contribution in [1.29, 1.82) is 0 Å². The minimum Gasteiger partial charge on any atom is -1.00 e. The number of aliphatic carboxylic acids is 1. The monoisotopic (exact) mass is 497 g/mol. The Morgan fingerprint density at radius 2 is 1.56 bits per heavy atom. The van der Waals surface area contributed by atoms with Gasteiger partial charge in [0.25, 0.3) is 0 Å². The Hall–Kier alpha value is 1.29. The van der Waals surface area contributed by atoms with Gasteiger partial charge in [0.15, 0.2) is 6.04 Å². The molecular weight excluding hydrogens is 485 g/mol. The third-order valence-corrected chi connectivity index (χ3v) is 2.31. The van der Waals surface area contributed by atoms with Gasteiger partial charge in [0, 0.05) is 6.42 Å². The summed E-state index contributed by atoms with van der Waals surface area (Å²) >= 11 is 0. The van der Waals surface area contributed by atoms with Gasteiger partial charge >= 0.3 is 28.3 Å². The van der Waals surface area contributed by atoms with Crippen LogP contribution in [0.1, 0.15) is 6.42 Å². The first-order valence-electron chi connectivity index (χ1n) is 3.67. The zero-order valence-electron chi connectivity index (χ0n) is 8.63. The van der Waals surface area contributed by atoms with E-state index in [0.717, 1.165) is 0 Å². The van der Waals surface area contributed by atoms with Gasteiger partial charge in [-0.3, -0.25) is 0 Å². The number of rotatable bonds is 1. The molecule has 0 aliphatic carbocycles. The van der Waals surface area contributed by atoms with Crippen molar-refractivity contribution in [3.63, 3.8) is 0 Å². The fraction of sp³-hybridized carbons (Fsp3) is 0.857. The average Bonchev–Trinajstić information content (AvgIpc) is 2.04. The van der Waals surface area contributed by atoms with Crippen LogP contribution in [-0.4, -0.2) is 53.5 Å². The van der Waals surface area contributed by atoms with E-state index in [9.17, 15) is 9.90 Å². The molecular formula is C7H14AuCl4NO3. The maximum Gasteiger partial charge on any atom is 3.00 e. The first-order valence-corrected chi connectivity index (χ1v) is 3.67. The number of aliphatic hydroxyl groups excluding tert-OH is 1. The molecule has 1 fully saturated rings. The summed E-state index contributed by atoms with van der Waals surface area (Å²) in [5.41, 5.74) is 0. The number of likely N-dealkylation sites (N-methyl/N-ethyl adjacent to an activating group) is 1. The van der Waals surface area contributed by atoms with Crippen LogP contribution in [0.25, 0.3) is 0 Å². The quantitative estimate of drug-likeness (QED) is 0.279. The van der Waals surface area contributed by atoms with Crippen LogP contribution in [0.2, 0.25) is 0 Å². The molecule has 1 saturated heterocycles. The molecule has 9 heteroatoms. The number of likely N-dealkylation sites (tertiary alicyclic amines) is 1.